The number of rotatable bonds is 5. The van der Waals surface area contributed by atoms with Crippen LogP contribution in [0.15, 0.2) is 0 Å². The van der Waals surface area contributed by atoms with Gasteiger partial charge in [0.1, 0.15) is 0 Å². The monoisotopic (exact) mass is 127 g/mol. The van der Waals surface area contributed by atoms with Gasteiger partial charge in [0.05, 0.1) is 6.61 Å². The average Bonchev–Trinajstić information content (AvgIpc) is 1.89. The first-order chi connectivity index (χ1) is 4.41. The molecule has 0 rings (SSSR count). The van der Waals surface area contributed by atoms with Gasteiger partial charge in [-0.05, 0) is 13.3 Å². The van der Waals surface area contributed by atoms with E-state index in [1.54, 1.807) is 0 Å². The van der Waals surface area contributed by atoms with Crippen LogP contribution in [0.2, 0.25) is 0 Å². The zero-order valence-electron chi connectivity index (χ0n) is 5.81. The fourth-order valence-electron chi connectivity index (χ4n) is 0.437. The Morgan fingerprint density at radius 2 is 2.44 bits per heavy atom. The molecule has 1 N–H and O–H groups in total. The number of hydrogen-bond donors (Lipinski definition) is 1. The maximum absolute atomic E-state index is 5.02. The highest BCUT2D eigenvalue weighted by Crippen LogP contribution is 1.81. The Kier molecular flexibility index (Phi) is 7.05. The van der Waals surface area contributed by atoms with Gasteiger partial charge in [-0.1, -0.05) is 0 Å². The van der Waals surface area contributed by atoms with Gasteiger partial charge in [-0.3, -0.25) is 0 Å². The van der Waals surface area contributed by atoms with Crippen molar-refractivity contribution >= 4 is 0 Å². The molecule has 0 aliphatic rings. The van der Waals surface area contributed by atoms with Crippen molar-refractivity contribution in [2.45, 2.75) is 19.8 Å². The molecule has 0 aliphatic heterocycles. The van der Waals surface area contributed by atoms with Gasteiger partial charge in [0.2, 0.25) is 0 Å². The van der Waals surface area contributed by atoms with E-state index in [-0.39, 0.29) is 0 Å². The van der Waals surface area contributed by atoms with Crippen LogP contribution in [0.1, 0.15) is 19.8 Å². The lowest BCUT2D eigenvalue weighted by Gasteiger charge is -1.99. The molecule has 0 amide bonds. The van der Waals surface area contributed by atoms with E-state index in [2.05, 4.69) is 11.4 Å². The Morgan fingerprint density at radius 1 is 1.67 bits per heavy atom. The quantitative estimate of drug-likeness (QED) is 0.337. The van der Waals surface area contributed by atoms with E-state index in [4.69, 9.17) is 11.3 Å². The molecule has 0 saturated heterocycles. The smallest absolute Gasteiger partial charge is 0.0653 e. The third-order valence-corrected chi connectivity index (χ3v) is 0.846. The maximum atomic E-state index is 5.02. The lowest BCUT2D eigenvalue weighted by molar-refractivity contribution is 0.0507. The summed E-state index contributed by atoms with van der Waals surface area (Å²) in [5.41, 5.74) is 2.77. The van der Waals surface area contributed by atoms with Gasteiger partial charge >= 0.3 is 0 Å². The molecule has 9 heavy (non-hydrogen) atoms. The Labute approximate surface area is 56.5 Å². The Balaban J connectivity index is 2.69. The van der Waals surface area contributed by atoms with Crippen molar-refractivity contribution in [1.29, 1.82) is 0 Å². The van der Waals surface area contributed by atoms with Crippen molar-refractivity contribution in [2.24, 2.45) is 0 Å². The molecular weight excluding hydrogens is 114 g/mol. The van der Waals surface area contributed by atoms with Gasteiger partial charge in [0.25, 0.3) is 0 Å². The predicted octanol–water partition coefficient (Wildman–Crippen LogP) is 0.941. The molecule has 2 heteroatoms. The number of terminal acetylenes is 1. The lowest BCUT2D eigenvalue weighted by atomic mass is 10.3. The summed E-state index contributed by atoms with van der Waals surface area (Å²) in [6, 6.07) is 0. The molecule has 0 unspecified atom stereocenters. The van der Waals surface area contributed by atoms with Gasteiger partial charge in [-0.2, -0.15) is 0 Å². The Hall–Kier alpha value is -0.520. The summed E-state index contributed by atoms with van der Waals surface area (Å²) in [5, 5.41) is 0. The predicted molar refractivity (Wildman–Crippen MR) is 37.7 cm³/mol. The van der Waals surface area contributed by atoms with E-state index in [9.17, 15) is 0 Å². The number of hydrogen-bond acceptors (Lipinski definition) is 2. The number of nitrogens with one attached hydrogen (secondary N) is 1. The highest BCUT2D eigenvalue weighted by atomic mass is 16.6. The molecule has 0 saturated carbocycles. The van der Waals surface area contributed by atoms with Crippen LogP contribution in [-0.2, 0) is 4.84 Å². The minimum absolute atomic E-state index is 0.704. The van der Waals surface area contributed by atoms with E-state index < -0.39 is 0 Å². The maximum Gasteiger partial charge on any atom is 0.0653 e. The van der Waals surface area contributed by atoms with Gasteiger partial charge in [0.15, 0.2) is 0 Å². The first-order valence-electron chi connectivity index (χ1n) is 3.20. The first-order valence-corrected chi connectivity index (χ1v) is 3.20. The molecule has 0 aromatic rings. The van der Waals surface area contributed by atoms with Gasteiger partial charge in [-0.25, -0.2) is 5.48 Å². The van der Waals surface area contributed by atoms with E-state index in [0.29, 0.717) is 6.61 Å². The summed E-state index contributed by atoms with van der Waals surface area (Å²) in [7, 11) is 0. The van der Waals surface area contributed by atoms with Crippen molar-refractivity contribution in [2.75, 3.05) is 13.2 Å². The van der Waals surface area contributed by atoms with Crippen molar-refractivity contribution in [3.8, 4) is 12.3 Å². The van der Waals surface area contributed by atoms with E-state index in [0.717, 1.165) is 19.4 Å². The fourth-order valence-corrected chi connectivity index (χ4v) is 0.437. The molecule has 2 nitrogen and oxygen atoms in total. The van der Waals surface area contributed by atoms with Crippen LogP contribution >= 0.6 is 0 Å². The molecule has 0 radical (unpaired) electrons. The van der Waals surface area contributed by atoms with Crippen molar-refractivity contribution in [1.82, 2.24) is 5.48 Å². The molecule has 0 aliphatic carbocycles. The van der Waals surface area contributed by atoms with Crippen LogP contribution in [0, 0.1) is 12.3 Å². The van der Waals surface area contributed by atoms with E-state index in [1.807, 2.05) is 6.92 Å². The van der Waals surface area contributed by atoms with Crippen LogP contribution in [0.25, 0.3) is 0 Å². The molecule has 0 heterocycles. The van der Waals surface area contributed by atoms with Gasteiger partial charge in [-0.15, -0.1) is 12.3 Å². The van der Waals surface area contributed by atoms with Crippen LogP contribution < -0.4 is 5.48 Å². The number of unbranched alkanes of at least 4 members (excludes halogenated alkanes) is 1. The zero-order valence-corrected chi connectivity index (χ0v) is 5.81. The second-order valence-corrected chi connectivity index (χ2v) is 1.64. The van der Waals surface area contributed by atoms with Crippen LogP contribution in [-0.4, -0.2) is 13.2 Å². The highest BCUT2D eigenvalue weighted by Gasteiger charge is 1.82. The standard InChI is InChI=1S/C7H13NO/c1-3-5-6-7-8-9-4-2/h1,8H,4-7H2,2H3. The summed E-state index contributed by atoms with van der Waals surface area (Å²) in [4.78, 5) is 4.86. The Bertz CT molecular complexity index is 85.4. The summed E-state index contributed by atoms with van der Waals surface area (Å²) < 4.78 is 0. The zero-order chi connectivity index (χ0) is 6.95. The van der Waals surface area contributed by atoms with E-state index in [1.165, 1.54) is 0 Å². The highest BCUT2D eigenvalue weighted by molar-refractivity contribution is 4.82. The van der Waals surface area contributed by atoms with Gasteiger partial charge < -0.3 is 4.84 Å². The summed E-state index contributed by atoms with van der Waals surface area (Å²) in [6.45, 7) is 3.49. The molecule has 0 aromatic carbocycles. The van der Waals surface area contributed by atoms with Crippen LogP contribution in [0.4, 0.5) is 0 Å². The minimum atomic E-state index is 0.704. The Morgan fingerprint density at radius 3 is 3.00 bits per heavy atom. The van der Waals surface area contributed by atoms with Crippen LogP contribution in [0.5, 0.6) is 0 Å². The van der Waals surface area contributed by atoms with Crippen LogP contribution in [0.3, 0.4) is 0 Å². The van der Waals surface area contributed by atoms with Gasteiger partial charge in [0, 0.05) is 13.0 Å². The first kappa shape index (κ1) is 8.48. The number of hydroxylamine groups is 1. The van der Waals surface area contributed by atoms with Crippen molar-refractivity contribution < 1.29 is 4.84 Å². The molecule has 0 aromatic heterocycles. The molecule has 52 valence electrons. The molecule has 0 atom stereocenters. The minimum Gasteiger partial charge on any atom is -0.302 e. The third kappa shape index (κ3) is 7.48. The fraction of sp³-hybridized carbons (Fsp3) is 0.714. The van der Waals surface area contributed by atoms with Crippen molar-refractivity contribution in [3.05, 3.63) is 0 Å². The summed E-state index contributed by atoms with van der Waals surface area (Å²) >= 11 is 0. The summed E-state index contributed by atoms with van der Waals surface area (Å²) in [5.74, 6) is 2.55. The molecule has 0 bridgehead atoms. The average molecular weight is 127 g/mol. The molecular formula is C7H13NO. The largest absolute Gasteiger partial charge is 0.302 e. The second kappa shape index (κ2) is 7.48. The molecule has 0 spiro atoms. The topological polar surface area (TPSA) is 21.3 Å². The SMILES string of the molecule is C#CCCCNOCC. The third-order valence-electron chi connectivity index (χ3n) is 0.846. The normalized spacial score (nSPS) is 8.89. The molecule has 0 fully saturated rings. The lowest BCUT2D eigenvalue weighted by Crippen LogP contribution is -2.15. The second-order valence-electron chi connectivity index (χ2n) is 1.64. The van der Waals surface area contributed by atoms with E-state index >= 15 is 0 Å². The van der Waals surface area contributed by atoms with Crippen molar-refractivity contribution in [3.63, 3.8) is 0 Å². The summed E-state index contributed by atoms with van der Waals surface area (Å²) in [6.07, 6.45) is 6.83.